The van der Waals surface area contributed by atoms with Crippen LogP contribution in [0.15, 0.2) is 65.7 Å². The average molecular weight is 576 g/mol. The van der Waals surface area contributed by atoms with Gasteiger partial charge in [-0.25, -0.2) is 23.1 Å². The summed E-state index contributed by atoms with van der Waals surface area (Å²) in [6.45, 7) is 10.3. The van der Waals surface area contributed by atoms with E-state index in [9.17, 15) is 13.2 Å². The van der Waals surface area contributed by atoms with Gasteiger partial charge in [0, 0.05) is 23.9 Å². The number of aromatic nitrogens is 3. The summed E-state index contributed by atoms with van der Waals surface area (Å²) >= 11 is 0. The average Bonchev–Trinajstić information content (AvgIpc) is 3.26. The molecule has 9 heteroatoms. The number of aryl methyl sites for hydroxylation is 1. The number of unbranched alkanes of at least 4 members (excludes halogenated alkanes) is 2. The van der Waals surface area contributed by atoms with Crippen LogP contribution in [0, 0.1) is 0 Å². The van der Waals surface area contributed by atoms with Crippen molar-refractivity contribution in [3.8, 4) is 11.1 Å². The fourth-order valence-corrected chi connectivity index (χ4v) is 6.40. The number of rotatable bonds is 12. The predicted octanol–water partition coefficient (Wildman–Crippen LogP) is 6.69. The molecule has 4 aromatic rings. The van der Waals surface area contributed by atoms with E-state index in [1.807, 2.05) is 63.2 Å². The Balaban J connectivity index is 1.62. The molecule has 0 bridgehead atoms. The SMILES string of the molecule is CCCCC(=O)Nc1cnc2c(c1)nc(CCCC)n2Cc1ccc(-c2ccccc2S(=O)(=O)NC(C)(C)C)cc1. The van der Waals surface area contributed by atoms with Gasteiger partial charge in [-0.15, -0.1) is 0 Å². The summed E-state index contributed by atoms with van der Waals surface area (Å²) in [7, 11) is -3.70. The number of sulfonamides is 1. The molecule has 0 saturated carbocycles. The Kier molecular flexibility index (Phi) is 9.60. The number of amides is 1. The fraction of sp³-hybridized carbons (Fsp3) is 0.406. The zero-order chi connectivity index (χ0) is 29.6. The lowest BCUT2D eigenvalue weighted by molar-refractivity contribution is -0.116. The normalized spacial score (nSPS) is 12.1. The van der Waals surface area contributed by atoms with Crippen molar-refractivity contribution in [3.05, 3.63) is 72.2 Å². The van der Waals surface area contributed by atoms with Crippen molar-refractivity contribution in [1.82, 2.24) is 19.3 Å². The highest BCUT2D eigenvalue weighted by Crippen LogP contribution is 2.29. The molecule has 0 atom stereocenters. The Labute approximate surface area is 243 Å². The van der Waals surface area contributed by atoms with Crippen molar-refractivity contribution in [2.24, 2.45) is 0 Å². The van der Waals surface area contributed by atoms with Gasteiger partial charge in [0.05, 0.1) is 23.3 Å². The number of anilines is 1. The van der Waals surface area contributed by atoms with Crippen LogP contribution in [0.3, 0.4) is 0 Å². The van der Waals surface area contributed by atoms with Crippen LogP contribution in [0.1, 0.15) is 78.1 Å². The van der Waals surface area contributed by atoms with Gasteiger partial charge in [-0.05, 0) is 56.9 Å². The molecule has 0 radical (unpaired) electrons. The molecule has 8 nitrogen and oxygen atoms in total. The molecule has 41 heavy (non-hydrogen) atoms. The van der Waals surface area contributed by atoms with E-state index in [0.29, 0.717) is 24.2 Å². The van der Waals surface area contributed by atoms with E-state index in [4.69, 9.17) is 4.98 Å². The molecule has 2 aromatic carbocycles. The first kappa shape index (κ1) is 30.4. The number of benzene rings is 2. The number of fused-ring (bicyclic) bond motifs is 1. The molecule has 2 heterocycles. The van der Waals surface area contributed by atoms with Gasteiger partial charge in [0.1, 0.15) is 11.3 Å². The molecule has 0 aliphatic heterocycles. The third-order valence-corrected chi connectivity index (χ3v) is 8.50. The molecule has 4 rings (SSSR count). The molecule has 2 N–H and O–H groups in total. The van der Waals surface area contributed by atoms with Gasteiger partial charge in [0.25, 0.3) is 0 Å². The summed E-state index contributed by atoms with van der Waals surface area (Å²) in [5.74, 6) is 0.944. The van der Waals surface area contributed by atoms with Crippen LogP contribution in [0.5, 0.6) is 0 Å². The summed E-state index contributed by atoms with van der Waals surface area (Å²) < 4.78 is 31.2. The first-order valence-corrected chi connectivity index (χ1v) is 15.9. The van der Waals surface area contributed by atoms with Gasteiger partial charge in [-0.2, -0.15) is 0 Å². The van der Waals surface area contributed by atoms with E-state index in [0.717, 1.165) is 60.2 Å². The topological polar surface area (TPSA) is 106 Å². The highest BCUT2D eigenvalue weighted by molar-refractivity contribution is 7.89. The van der Waals surface area contributed by atoms with E-state index in [1.165, 1.54) is 0 Å². The van der Waals surface area contributed by atoms with Crippen molar-refractivity contribution < 1.29 is 13.2 Å². The maximum atomic E-state index is 13.1. The number of carbonyl (C=O) groups excluding carboxylic acids is 1. The summed E-state index contributed by atoms with van der Waals surface area (Å²) in [6, 6.07) is 16.9. The Hall–Kier alpha value is -3.56. The largest absolute Gasteiger partial charge is 0.325 e. The second kappa shape index (κ2) is 13.0. The number of carbonyl (C=O) groups is 1. The lowest BCUT2D eigenvalue weighted by Gasteiger charge is -2.21. The van der Waals surface area contributed by atoms with Crippen LogP contribution in [0.25, 0.3) is 22.3 Å². The van der Waals surface area contributed by atoms with E-state index >= 15 is 0 Å². The molecule has 0 spiro atoms. The molecule has 0 aliphatic carbocycles. The minimum Gasteiger partial charge on any atom is -0.325 e. The standard InChI is InChI=1S/C32H41N5O3S/c1-6-8-14-29-35-27-20-25(34-30(38)15-9-7-2)21-33-31(27)37(29)22-23-16-18-24(19-17-23)26-12-10-11-13-28(26)41(39,40)36-32(3,4)5/h10-13,16-21,36H,6-9,14-15,22H2,1-5H3,(H,34,38). The number of pyridine rings is 1. The van der Waals surface area contributed by atoms with E-state index in [-0.39, 0.29) is 10.8 Å². The van der Waals surface area contributed by atoms with Gasteiger partial charge in [-0.3, -0.25) is 4.79 Å². The number of imidazole rings is 1. The highest BCUT2D eigenvalue weighted by atomic mass is 32.2. The van der Waals surface area contributed by atoms with Crippen molar-refractivity contribution >= 4 is 32.8 Å². The molecular formula is C32H41N5O3S. The van der Waals surface area contributed by atoms with Crippen molar-refractivity contribution in [2.75, 3.05) is 5.32 Å². The van der Waals surface area contributed by atoms with Crippen LogP contribution in [0.2, 0.25) is 0 Å². The zero-order valence-corrected chi connectivity index (χ0v) is 25.5. The maximum absolute atomic E-state index is 13.1. The predicted molar refractivity (Wildman–Crippen MR) is 165 cm³/mol. The number of hydrogen-bond donors (Lipinski definition) is 2. The Bertz CT molecular complexity index is 1600. The minimum absolute atomic E-state index is 0.0118. The van der Waals surface area contributed by atoms with E-state index < -0.39 is 15.6 Å². The second-order valence-electron chi connectivity index (χ2n) is 11.5. The summed E-state index contributed by atoms with van der Waals surface area (Å²) in [6.07, 6.45) is 6.90. The monoisotopic (exact) mass is 575 g/mol. The lowest BCUT2D eigenvalue weighted by atomic mass is 10.0. The number of hydrogen-bond acceptors (Lipinski definition) is 5. The van der Waals surface area contributed by atoms with Crippen LogP contribution >= 0.6 is 0 Å². The van der Waals surface area contributed by atoms with Crippen molar-refractivity contribution in [3.63, 3.8) is 0 Å². The molecule has 0 fully saturated rings. The quantitative estimate of drug-likeness (QED) is 0.196. The van der Waals surface area contributed by atoms with Crippen LogP contribution in [-0.2, 0) is 27.8 Å². The highest BCUT2D eigenvalue weighted by Gasteiger charge is 2.24. The van der Waals surface area contributed by atoms with Gasteiger partial charge < -0.3 is 9.88 Å². The number of nitrogens with one attached hydrogen (secondary N) is 2. The first-order valence-electron chi connectivity index (χ1n) is 14.4. The molecular weight excluding hydrogens is 534 g/mol. The van der Waals surface area contributed by atoms with Gasteiger partial charge in [0.2, 0.25) is 15.9 Å². The Morgan fingerprint density at radius 3 is 2.37 bits per heavy atom. The third-order valence-electron chi connectivity index (χ3n) is 6.68. The minimum atomic E-state index is -3.70. The van der Waals surface area contributed by atoms with Crippen LogP contribution < -0.4 is 10.0 Å². The molecule has 0 saturated heterocycles. The van der Waals surface area contributed by atoms with Gasteiger partial charge >= 0.3 is 0 Å². The number of nitrogens with zero attached hydrogens (tertiary/aromatic N) is 3. The summed E-state index contributed by atoms with van der Waals surface area (Å²) in [5.41, 5.74) is 4.13. The van der Waals surface area contributed by atoms with Gasteiger partial charge in [-0.1, -0.05) is 69.2 Å². The first-order chi connectivity index (χ1) is 19.5. The molecule has 0 unspecified atom stereocenters. The summed E-state index contributed by atoms with van der Waals surface area (Å²) in [4.78, 5) is 22.1. The summed E-state index contributed by atoms with van der Waals surface area (Å²) in [5, 5.41) is 2.94. The van der Waals surface area contributed by atoms with Crippen LogP contribution in [-0.4, -0.2) is 34.4 Å². The van der Waals surface area contributed by atoms with Gasteiger partial charge in [0.15, 0.2) is 5.65 Å². The van der Waals surface area contributed by atoms with Crippen LogP contribution in [0.4, 0.5) is 5.69 Å². The second-order valence-corrected chi connectivity index (χ2v) is 13.1. The lowest BCUT2D eigenvalue weighted by Crippen LogP contribution is -2.40. The Morgan fingerprint density at radius 1 is 0.976 bits per heavy atom. The molecule has 0 aliphatic rings. The van der Waals surface area contributed by atoms with E-state index in [2.05, 4.69) is 33.4 Å². The maximum Gasteiger partial charge on any atom is 0.241 e. The Morgan fingerprint density at radius 2 is 1.68 bits per heavy atom. The fourth-order valence-electron chi connectivity index (χ4n) is 4.75. The zero-order valence-electron chi connectivity index (χ0n) is 24.7. The molecule has 218 valence electrons. The van der Waals surface area contributed by atoms with Crippen molar-refractivity contribution in [1.29, 1.82) is 0 Å². The van der Waals surface area contributed by atoms with Crippen molar-refractivity contribution in [2.45, 2.75) is 90.1 Å². The smallest absolute Gasteiger partial charge is 0.241 e. The van der Waals surface area contributed by atoms with E-state index in [1.54, 1.807) is 18.3 Å². The third kappa shape index (κ3) is 7.80. The molecule has 2 aromatic heterocycles. The molecule has 1 amide bonds.